The average Bonchev–Trinajstić information content (AvgIpc) is 2.74. The largest absolute Gasteiger partial charge is 0.508 e. The third kappa shape index (κ3) is 2.09. The molecule has 0 saturated heterocycles. The number of amides is 1. The second-order valence-corrected chi connectivity index (χ2v) is 3.80. The van der Waals surface area contributed by atoms with Crippen molar-refractivity contribution in [1.29, 1.82) is 0 Å². The minimum atomic E-state index is -0.426. The molecule has 0 aliphatic heterocycles. The van der Waals surface area contributed by atoms with Gasteiger partial charge >= 0.3 is 0 Å². The third-order valence-corrected chi connectivity index (χ3v) is 2.47. The Kier molecular flexibility index (Phi) is 2.69. The molecule has 0 unspecified atom stereocenters. The summed E-state index contributed by atoms with van der Waals surface area (Å²) < 4.78 is 0. The van der Waals surface area contributed by atoms with Gasteiger partial charge in [-0.3, -0.25) is 10.1 Å². The van der Waals surface area contributed by atoms with Crippen molar-refractivity contribution in [3.8, 4) is 5.75 Å². The second kappa shape index (κ2) is 4.15. The number of aromatic hydroxyl groups is 1. The first kappa shape index (κ1) is 10.4. The van der Waals surface area contributed by atoms with Crippen molar-refractivity contribution in [2.24, 2.45) is 0 Å². The standard InChI is InChI=1S/C9H8N4O2S/c10-7-2-1-5(14)3-6(7)8(15)12-9-13-11-4-16-9/h1-4,14H,10H2,(H,12,13,15). The van der Waals surface area contributed by atoms with Crippen LogP contribution in [0, 0.1) is 0 Å². The van der Waals surface area contributed by atoms with Crippen LogP contribution in [0.3, 0.4) is 0 Å². The van der Waals surface area contributed by atoms with Gasteiger partial charge in [0.05, 0.1) is 5.56 Å². The minimum absolute atomic E-state index is 0.0170. The van der Waals surface area contributed by atoms with Crippen molar-refractivity contribution in [2.45, 2.75) is 0 Å². The summed E-state index contributed by atoms with van der Waals surface area (Å²) in [5.41, 5.74) is 7.61. The van der Waals surface area contributed by atoms with Crippen LogP contribution in [0.25, 0.3) is 0 Å². The van der Waals surface area contributed by atoms with E-state index in [9.17, 15) is 9.90 Å². The van der Waals surface area contributed by atoms with Gasteiger partial charge in [-0.25, -0.2) is 0 Å². The highest BCUT2D eigenvalue weighted by atomic mass is 32.1. The van der Waals surface area contributed by atoms with E-state index in [2.05, 4.69) is 15.5 Å². The summed E-state index contributed by atoms with van der Waals surface area (Å²) in [4.78, 5) is 11.7. The van der Waals surface area contributed by atoms with Crippen molar-refractivity contribution in [3.05, 3.63) is 29.3 Å². The van der Waals surface area contributed by atoms with Crippen molar-refractivity contribution in [3.63, 3.8) is 0 Å². The molecule has 0 saturated carbocycles. The molecule has 82 valence electrons. The predicted octanol–water partition coefficient (Wildman–Crippen LogP) is 1.08. The molecule has 0 fully saturated rings. The molecular weight excluding hydrogens is 228 g/mol. The zero-order valence-corrected chi connectivity index (χ0v) is 8.86. The Balaban J connectivity index is 2.24. The number of benzene rings is 1. The molecule has 0 aliphatic rings. The van der Waals surface area contributed by atoms with Gasteiger partial charge in [-0.1, -0.05) is 11.3 Å². The number of hydrogen-bond donors (Lipinski definition) is 3. The lowest BCUT2D eigenvalue weighted by atomic mass is 10.1. The number of rotatable bonds is 2. The first-order valence-corrected chi connectivity index (χ1v) is 5.21. The Morgan fingerprint density at radius 1 is 1.50 bits per heavy atom. The lowest BCUT2D eigenvalue weighted by Gasteiger charge is -2.05. The molecule has 1 aromatic heterocycles. The summed E-state index contributed by atoms with van der Waals surface area (Å²) in [6.45, 7) is 0. The molecule has 0 aliphatic carbocycles. The van der Waals surface area contributed by atoms with Gasteiger partial charge in [0.15, 0.2) is 0 Å². The fourth-order valence-corrected chi connectivity index (χ4v) is 1.57. The Labute approximate surface area is 94.7 Å². The molecule has 1 heterocycles. The maximum Gasteiger partial charge on any atom is 0.259 e. The van der Waals surface area contributed by atoms with E-state index in [1.807, 2.05) is 0 Å². The summed E-state index contributed by atoms with van der Waals surface area (Å²) >= 11 is 1.20. The van der Waals surface area contributed by atoms with Crippen molar-refractivity contribution < 1.29 is 9.90 Å². The van der Waals surface area contributed by atoms with E-state index < -0.39 is 5.91 Å². The molecule has 1 aromatic carbocycles. The quantitative estimate of drug-likeness (QED) is 0.535. The van der Waals surface area contributed by atoms with Crippen molar-refractivity contribution in [1.82, 2.24) is 10.2 Å². The number of nitrogens with one attached hydrogen (secondary N) is 1. The maximum atomic E-state index is 11.7. The van der Waals surface area contributed by atoms with Crippen LogP contribution in [0.5, 0.6) is 5.75 Å². The Morgan fingerprint density at radius 3 is 3.00 bits per heavy atom. The number of phenolic OH excluding ortho intramolecular Hbond substituents is 1. The SMILES string of the molecule is Nc1ccc(O)cc1C(=O)Nc1nncs1. The van der Waals surface area contributed by atoms with E-state index in [0.29, 0.717) is 10.8 Å². The number of nitrogen functional groups attached to an aromatic ring is 1. The van der Waals surface area contributed by atoms with Gasteiger partial charge in [0, 0.05) is 5.69 Å². The Hall–Kier alpha value is -2.15. The van der Waals surface area contributed by atoms with Gasteiger partial charge in [0.25, 0.3) is 5.91 Å². The minimum Gasteiger partial charge on any atom is -0.508 e. The molecule has 7 heteroatoms. The number of nitrogens with zero attached hydrogens (tertiary/aromatic N) is 2. The van der Waals surface area contributed by atoms with Crippen molar-refractivity contribution >= 4 is 28.1 Å². The molecule has 16 heavy (non-hydrogen) atoms. The van der Waals surface area contributed by atoms with Crippen LogP contribution < -0.4 is 11.1 Å². The summed E-state index contributed by atoms with van der Waals surface area (Å²) in [6.07, 6.45) is 0. The van der Waals surface area contributed by atoms with Crippen LogP contribution in [0.2, 0.25) is 0 Å². The molecule has 1 amide bonds. The van der Waals surface area contributed by atoms with Gasteiger partial charge in [0.2, 0.25) is 5.13 Å². The summed E-state index contributed by atoms with van der Waals surface area (Å²) in [6, 6.07) is 4.17. The highest BCUT2D eigenvalue weighted by Gasteiger charge is 2.12. The number of hydrogen-bond acceptors (Lipinski definition) is 6. The van der Waals surface area contributed by atoms with Gasteiger partial charge in [-0.15, -0.1) is 10.2 Å². The first-order chi connectivity index (χ1) is 7.66. The maximum absolute atomic E-state index is 11.7. The van der Waals surface area contributed by atoms with Gasteiger partial charge in [-0.05, 0) is 18.2 Å². The number of aromatic nitrogens is 2. The lowest BCUT2D eigenvalue weighted by Crippen LogP contribution is -2.13. The first-order valence-electron chi connectivity index (χ1n) is 4.33. The van der Waals surface area contributed by atoms with Gasteiger partial charge in [-0.2, -0.15) is 0 Å². The number of carbonyl (C=O) groups is 1. The average molecular weight is 236 g/mol. The van der Waals surface area contributed by atoms with E-state index in [1.165, 1.54) is 35.0 Å². The summed E-state index contributed by atoms with van der Waals surface area (Å²) in [5.74, 6) is -0.443. The van der Waals surface area contributed by atoms with E-state index >= 15 is 0 Å². The molecule has 2 aromatic rings. The van der Waals surface area contributed by atoms with Crippen LogP contribution in [0.1, 0.15) is 10.4 Å². The summed E-state index contributed by atoms with van der Waals surface area (Å²) in [7, 11) is 0. The van der Waals surface area contributed by atoms with Crippen LogP contribution >= 0.6 is 11.3 Å². The molecule has 4 N–H and O–H groups in total. The highest BCUT2D eigenvalue weighted by Crippen LogP contribution is 2.20. The van der Waals surface area contributed by atoms with E-state index in [1.54, 1.807) is 0 Å². The third-order valence-electron chi connectivity index (χ3n) is 1.86. The van der Waals surface area contributed by atoms with E-state index in [4.69, 9.17) is 5.73 Å². The van der Waals surface area contributed by atoms with Crippen LogP contribution in [0.4, 0.5) is 10.8 Å². The molecule has 0 spiro atoms. The number of carbonyl (C=O) groups excluding carboxylic acids is 1. The zero-order chi connectivity index (χ0) is 11.5. The molecule has 0 bridgehead atoms. The summed E-state index contributed by atoms with van der Waals surface area (Å²) in [5, 5.41) is 19.4. The number of anilines is 2. The predicted molar refractivity (Wildman–Crippen MR) is 60.4 cm³/mol. The zero-order valence-electron chi connectivity index (χ0n) is 8.04. The second-order valence-electron chi connectivity index (χ2n) is 2.97. The van der Waals surface area contributed by atoms with E-state index in [-0.39, 0.29) is 11.3 Å². The van der Waals surface area contributed by atoms with Crippen LogP contribution in [0.15, 0.2) is 23.7 Å². The smallest absolute Gasteiger partial charge is 0.259 e. The molecule has 0 atom stereocenters. The molecule has 0 radical (unpaired) electrons. The topological polar surface area (TPSA) is 101 Å². The Morgan fingerprint density at radius 2 is 2.31 bits per heavy atom. The molecule has 6 nitrogen and oxygen atoms in total. The normalized spacial score (nSPS) is 10.0. The van der Waals surface area contributed by atoms with Crippen LogP contribution in [-0.2, 0) is 0 Å². The van der Waals surface area contributed by atoms with Crippen molar-refractivity contribution in [2.75, 3.05) is 11.1 Å². The highest BCUT2D eigenvalue weighted by molar-refractivity contribution is 7.13. The molecule has 2 rings (SSSR count). The number of nitrogens with two attached hydrogens (primary N) is 1. The lowest BCUT2D eigenvalue weighted by molar-refractivity contribution is 0.102. The van der Waals surface area contributed by atoms with Gasteiger partial charge in [0.1, 0.15) is 11.3 Å². The van der Waals surface area contributed by atoms with Crippen LogP contribution in [-0.4, -0.2) is 21.2 Å². The fourth-order valence-electron chi connectivity index (χ4n) is 1.13. The Bertz CT molecular complexity index is 512. The fraction of sp³-hybridized carbons (Fsp3) is 0. The monoisotopic (exact) mass is 236 g/mol. The number of phenols is 1. The van der Waals surface area contributed by atoms with E-state index in [0.717, 1.165) is 0 Å². The van der Waals surface area contributed by atoms with Gasteiger partial charge < -0.3 is 10.8 Å². The molecular formula is C9H8N4O2S.